The molecular formula is C11H9FN2O4. The summed E-state index contributed by atoms with van der Waals surface area (Å²) in [5.41, 5.74) is -2.11. The van der Waals surface area contributed by atoms with Crippen molar-refractivity contribution in [2.24, 2.45) is 0 Å². The molecule has 18 heavy (non-hydrogen) atoms. The Balaban J connectivity index is 2.84. The summed E-state index contributed by atoms with van der Waals surface area (Å²) < 4.78 is 18.9. The van der Waals surface area contributed by atoms with Crippen LogP contribution in [0.3, 0.4) is 0 Å². The van der Waals surface area contributed by atoms with Crippen molar-refractivity contribution in [2.75, 3.05) is 7.11 Å². The lowest BCUT2D eigenvalue weighted by Crippen LogP contribution is -2.31. The van der Waals surface area contributed by atoms with Crippen molar-refractivity contribution in [3.05, 3.63) is 50.9 Å². The SMILES string of the molecule is COc1ccccc1-n1c(O)c(F)c(=O)[nH]c1=O. The Morgan fingerprint density at radius 3 is 2.67 bits per heavy atom. The molecule has 0 fully saturated rings. The van der Waals surface area contributed by atoms with E-state index in [9.17, 15) is 19.1 Å². The van der Waals surface area contributed by atoms with Crippen LogP contribution in [0.15, 0.2) is 33.9 Å². The molecule has 0 bridgehead atoms. The van der Waals surface area contributed by atoms with Crippen molar-refractivity contribution >= 4 is 0 Å². The van der Waals surface area contributed by atoms with E-state index in [1.165, 1.54) is 19.2 Å². The van der Waals surface area contributed by atoms with Gasteiger partial charge in [-0.25, -0.2) is 9.36 Å². The fraction of sp³-hybridized carbons (Fsp3) is 0.0909. The molecule has 1 heterocycles. The second-order valence-corrected chi connectivity index (χ2v) is 3.40. The molecule has 2 N–H and O–H groups in total. The first-order valence-electron chi connectivity index (χ1n) is 4.93. The zero-order valence-electron chi connectivity index (χ0n) is 9.31. The molecule has 0 saturated carbocycles. The van der Waals surface area contributed by atoms with Gasteiger partial charge >= 0.3 is 5.69 Å². The van der Waals surface area contributed by atoms with Crippen LogP contribution in [-0.4, -0.2) is 21.8 Å². The quantitative estimate of drug-likeness (QED) is 0.809. The molecule has 2 rings (SSSR count). The Morgan fingerprint density at radius 2 is 2.00 bits per heavy atom. The van der Waals surface area contributed by atoms with E-state index >= 15 is 0 Å². The zero-order chi connectivity index (χ0) is 13.3. The third kappa shape index (κ3) is 1.75. The molecule has 0 aliphatic heterocycles. The second kappa shape index (κ2) is 4.36. The van der Waals surface area contributed by atoms with E-state index in [0.29, 0.717) is 4.57 Å². The Hall–Kier alpha value is -2.57. The number of hydrogen-bond donors (Lipinski definition) is 2. The summed E-state index contributed by atoms with van der Waals surface area (Å²) in [5, 5.41) is 9.55. The van der Waals surface area contributed by atoms with E-state index in [-0.39, 0.29) is 11.4 Å². The lowest BCUT2D eigenvalue weighted by atomic mass is 10.3. The molecule has 2 aromatic rings. The highest BCUT2D eigenvalue weighted by molar-refractivity contribution is 5.48. The van der Waals surface area contributed by atoms with E-state index in [2.05, 4.69) is 0 Å². The monoisotopic (exact) mass is 252 g/mol. The van der Waals surface area contributed by atoms with Gasteiger partial charge in [-0.05, 0) is 12.1 Å². The van der Waals surface area contributed by atoms with Gasteiger partial charge in [-0.1, -0.05) is 12.1 Å². The first-order chi connectivity index (χ1) is 8.56. The maximum atomic E-state index is 13.3. The van der Waals surface area contributed by atoms with Crippen LogP contribution in [0.5, 0.6) is 11.6 Å². The molecule has 0 spiro atoms. The number of aromatic hydroxyl groups is 1. The molecule has 0 aliphatic carbocycles. The number of ether oxygens (including phenoxy) is 1. The van der Waals surface area contributed by atoms with Gasteiger partial charge in [0.2, 0.25) is 11.7 Å². The molecule has 0 unspecified atom stereocenters. The number of nitrogens with zero attached hydrogens (tertiary/aromatic N) is 1. The summed E-state index contributed by atoms with van der Waals surface area (Å²) in [6.07, 6.45) is 0. The van der Waals surface area contributed by atoms with E-state index in [1.807, 2.05) is 0 Å². The second-order valence-electron chi connectivity index (χ2n) is 3.40. The molecule has 94 valence electrons. The van der Waals surface area contributed by atoms with Gasteiger partial charge in [-0.3, -0.25) is 9.78 Å². The third-order valence-electron chi connectivity index (χ3n) is 2.36. The lowest BCUT2D eigenvalue weighted by molar-refractivity contribution is 0.377. The van der Waals surface area contributed by atoms with Crippen LogP contribution < -0.4 is 16.0 Å². The van der Waals surface area contributed by atoms with E-state index in [4.69, 9.17) is 4.74 Å². The van der Waals surface area contributed by atoms with Gasteiger partial charge in [0.05, 0.1) is 12.8 Å². The van der Waals surface area contributed by atoms with Gasteiger partial charge in [0.25, 0.3) is 5.56 Å². The summed E-state index contributed by atoms with van der Waals surface area (Å²) in [5.74, 6) is -2.24. The zero-order valence-corrected chi connectivity index (χ0v) is 9.31. The van der Waals surface area contributed by atoms with Gasteiger partial charge in [0.15, 0.2) is 0 Å². The molecule has 7 heteroatoms. The number of H-pyrrole nitrogens is 1. The maximum absolute atomic E-state index is 13.3. The highest BCUT2D eigenvalue weighted by atomic mass is 19.1. The molecule has 0 aliphatic rings. The normalized spacial score (nSPS) is 10.3. The van der Waals surface area contributed by atoms with Gasteiger partial charge in [0, 0.05) is 0 Å². The van der Waals surface area contributed by atoms with Gasteiger partial charge < -0.3 is 9.84 Å². The van der Waals surface area contributed by atoms with Crippen molar-refractivity contribution in [1.82, 2.24) is 9.55 Å². The van der Waals surface area contributed by atoms with Crippen LogP contribution in [0.1, 0.15) is 0 Å². The number of aromatic amines is 1. The van der Waals surface area contributed by atoms with Crippen molar-refractivity contribution in [3.8, 4) is 17.3 Å². The maximum Gasteiger partial charge on any atom is 0.336 e. The first-order valence-corrected chi connectivity index (χ1v) is 4.93. The largest absolute Gasteiger partial charge is 0.495 e. The van der Waals surface area contributed by atoms with Crippen molar-refractivity contribution in [1.29, 1.82) is 0 Å². The molecule has 1 aromatic heterocycles. The molecule has 0 saturated heterocycles. The van der Waals surface area contributed by atoms with E-state index in [1.54, 1.807) is 17.1 Å². The van der Waals surface area contributed by atoms with Crippen molar-refractivity contribution < 1.29 is 14.2 Å². The van der Waals surface area contributed by atoms with Gasteiger partial charge in [-0.15, -0.1) is 0 Å². The standard InChI is InChI=1S/C11H9FN2O4/c1-18-7-5-3-2-4-6(7)14-10(16)8(12)9(15)13-11(14)17/h2-5,16H,1H3,(H,13,15,17). The minimum Gasteiger partial charge on any atom is -0.495 e. The minimum absolute atomic E-state index is 0.123. The Labute approximate surface area is 99.9 Å². The highest BCUT2D eigenvalue weighted by Gasteiger charge is 2.17. The number of para-hydroxylation sites is 2. The lowest BCUT2D eigenvalue weighted by Gasteiger charge is -2.11. The number of hydrogen-bond acceptors (Lipinski definition) is 4. The fourth-order valence-electron chi connectivity index (χ4n) is 1.54. The number of methoxy groups -OCH3 is 1. The molecule has 0 atom stereocenters. The van der Waals surface area contributed by atoms with Gasteiger partial charge in [-0.2, -0.15) is 4.39 Å². The number of halogens is 1. The number of benzene rings is 1. The average Bonchev–Trinajstić information content (AvgIpc) is 2.37. The van der Waals surface area contributed by atoms with Crippen molar-refractivity contribution in [2.45, 2.75) is 0 Å². The third-order valence-corrected chi connectivity index (χ3v) is 2.36. The van der Waals surface area contributed by atoms with Crippen molar-refractivity contribution in [3.63, 3.8) is 0 Å². The first kappa shape index (κ1) is 11.9. The smallest absolute Gasteiger partial charge is 0.336 e. The van der Waals surface area contributed by atoms with Crippen LogP contribution in [-0.2, 0) is 0 Å². The summed E-state index contributed by atoms with van der Waals surface area (Å²) in [6.45, 7) is 0. The van der Waals surface area contributed by atoms with Crippen LogP contribution in [0.25, 0.3) is 5.69 Å². The van der Waals surface area contributed by atoms with Gasteiger partial charge in [0.1, 0.15) is 5.75 Å². The average molecular weight is 252 g/mol. The topological polar surface area (TPSA) is 84.3 Å². The predicted octanol–water partition coefficient (Wildman–Crippen LogP) is 0.379. The Kier molecular flexibility index (Phi) is 2.88. The molecule has 6 nitrogen and oxygen atoms in total. The summed E-state index contributed by atoms with van der Waals surface area (Å²) >= 11 is 0. The number of nitrogens with one attached hydrogen (secondary N) is 1. The summed E-state index contributed by atoms with van der Waals surface area (Å²) in [4.78, 5) is 24.3. The Morgan fingerprint density at radius 1 is 1.33 bits per heavy atom. The number of aromatic nitrogens is 2. The molecule has 1 aromatic carbocycles. The van der Waals surface area contributed by atoms with Crippen LogP contribution >= 0.6 is 0 Å². The molecule has 0 radical (unpaired) electrons. The highest BCUT2D eigenvalue weighted by Crippen LogP contribution is 2.24. The number of rotatable bonds is 2. The Bertz CT molecular complexity index is 705. The fourth-order valence-corrected chi connectivity index (χ4v) is 1.54. The summed E-state index contributed by atoms with van der Waals surface area (Å²) in [7, 11) is 1.36. The molecular weight excluding hydrogens is 243 g/mol. The predicted molar refractivity (Wildman–Crippen MR) is 60.8 cm³/mol. The van der Waals surface area contributed by atoms with Crippen LogP contribution in [0, 0.1) is 5.82 Å². The minimum atomic E-state index is -1.43. The van der Waals surface area contributed by atoms with Crippen LogP contribution in [0.2, 0.25) is 0 Å². The van der Waals surface area contributed by atoms with E-state index in [0.717, 1.165) is 0 Å². The van der Waals surface area contributed by atoms with Crippen LogP contribution in [0.4, 0.5) is 4.39 Å². The summed E-state index contributed by atoms with van der Waals surface area (Å²) in [6, 6.07) is 6.20. The molecule has 0 amide bonds. The van der Waals surface area contributed by atoms with E-state index < -0.39 is 22.9 Å².